The van der Waals surface area contributed by atoms with Crippen molar-refractivity contribution >= 4 is 22.8 Å². The second-order valence-electron chi connectivity index (χ2n) is 3.43. The molecule has 5 nitrogen and oxygen atoms in total. The van der Waals surface area contributed by atoms with Crippen LogP contribution in [0.1, 0.15) is 11.3 Å². The number of hydrogen-bond donors (Lipinski definition) is 2. The molecule has 0 radical (unpaired) electrons. The number of rotatable bonds is 4. The van der Waals surface area contributed by atoms with E-state index in [2.05, 4.69) is 21.4 Å². The van der Waals surface area contributed by atoms with E-state index < -0.39 is 0 Å². The Kier molecular flexibility index (Phi) is 3.52. The molecule has 0 bridgehead atoms. The maximum absolute atomic E-state index is 8.93. The van der Waals surface area contributed by atoms with E-state index in [1.807, 2.05) is 5.38 Å². The van der Waals surface area contributed by atoms with Crippen molar-refractivity contribution in [3.8, 4) is 6.07 Å². The largest absolute Gasteiger partial charge is 0.397 e. The van der Waals surface area contributed by atoms with Gasteiger partial charge in [-0.15, -0.1) is 11.3 Å². The lowest BCUT2D eigenvalue weighted by Gasteiger charge is -2.06. The summed E-state index contributed by atoms with van der Waals surface area (Å²) >= 11 is 1.57. The van der Waals surface area contributed by atoms with Gasteiger partial charge in [0.2, 0.25) is 0 Å². The number of pyridine rings is 1. The third-order valence-corrected chi connectivity index (χ3v) is 2.82. The molecule has 0 saturated heterocycles. The molecule has 0 atom stereocenters. The number of nitrogens with two attached hydrogens (primary N) is 1. The van der Waals surface area contributed by atoms with Gasteiger partial charge in [-0.05, 0) is 6.07 Å². The molecule has 0 saturated carbocycles. The van der Waals surface area contributed by atoms with Crippen molar-refractivity contribution in [1.29, 1.82) is 5.26 Å². The maximum Gasteiger partial charge on any atom is 0.144 e. The molecule has 6 heteroatoms. The van der Waals surface area contributed by atoms with E-state index >= 15 is 0 Å². The molecule has 2 rings (SSSR count). The van der Waals surface area contributed by atoms with Gasteiger partial charge in [0, 0.05) is 18.3 Å². The Bertz CT molecular complexity index is 529. The van der Waals surface area contributed by atoms with Gasteiger partial charge in [0.05, 0.1) is 28.7 Å². The molecule has 0 spiro atoms. The van der Waals surface area contributed by atoms with Gasteiger partial charge in [0.1, 0.15) is 11.9 Å². The average molecular weight is 245 g/mol. The highest BCUT2D eigenvalue weighted by molar-refractivity contribution is 7.07. The van der Waals surface area contributed by atoms with Crippen LogP contribution in [-0.2, 0) is 6.42 Å². The zero-order chi connectivity index (χ0) is 12.1. The van der Waals surface area contributed by atoms with Crippen molar-refractivity contribution < 1.29 is 0 Å². The second-order valence-corrected chi connectivity index (χ2v) is 4.15. The number of thiazole rings is 1. The zero-order valence-corrected chi connectivity index (χ0v) is 9.87. The lowest BCUT2D eigenvalue weighted by atomic mass is 10.2. The molecule has 2 aromatic rings. The topological polar surface area (TPSA) is 87.6 Å². The Morgan fingerprint density at radius 3 is 3.06 bits per heavy atom. The number of anilines is 2. The van der Waals surface area contributed by atoms with E-state index in [1.165, 1.54) is 6.20 Å². The predicted octanol–water partition coefficient (Wildman–Crippen LogP) is 1.65. The highest BCUT2D eigenvalue weighted by atomic mass is 32.1. The third kappa shape index (κ3) is 2.92. The highest BCUT2D eigenvalue weighted by Crippen LogP contribution is 2.14. The minimum absolute atomic E-state index is 0.461. The smallest absolute Gasteiger partial charge is 0.144 e. The van der Waals surface area contributed by atoms with E-state index in [-0.39, 0.29) is 0 Å². The summed E-state index contributed by atoms with van der Waals surface area (Å²) in [5, 5.41) is 14.0. The van der Waals surface area contributed by atoms with Crippen molar-refractivity contribution in [3.05, 3.63) is 34.4 Å². The van der Waals surface area contributed by atoms with Crippen molar-refractivity contribution in [1.82, 2.24) is 9.97 Å². The van der Waals surface area contributed by atoms with Gasteiger partial charge in [-0.1, -0.05) is 0 Å². The Hall–Kier alpha value is -2.13. The number of nitrogens with zero attached hydrogens (tertiary/aromatic N) is 3. The fraction of sp³-hybridized carbons (Fsp3) is 0.182. The van der Waals surface area contributed by atoms with Gasteiger partial charge in [-0.3, -0.25) is 0 Å². The van der Waals surface area contributed by atoms with Gasteiger partial charge in [-0.2, -0.15) is 5.26 Å². The molecule has 0 aliphatic heterocycles. The van der Waals surface area contributed by atoms with Gasteiger partial charge in [-0.25, -0.2) is 9.97 Å². The molecule has 3 N–H and O–H groups in total. The first-order valence-corrected chi connectivity index (χ1v) is 6.00. The van der Waals surface area contributed by atoms with Crippen LogP contribution >= 0.6 is 11.3 Å². The van der Waals surface area contributed by atoms with E-state index in [0.29, 0.717) is 23.6 Å². The summed E-state index contributed by atoms with van der Waals surface area (Å²) in [4.78, 5) is 8.27. The van der Waals surface area contributed by atoms with Gasteiger partial charge in [0.15, 0.2) is 0 Å². The van der Waals surface area contributed by atoms with Crippen LogP contribution in [0.25, 0.3) is 0 Å². The van der Waals surface area contributed by atoms with Crippen molar-refractivity contribution in [3.63, 3.8) is 0 Å². The molecule has 0 fully saturated rings. The standard InChI is InChI=1S/C11H11N5S/c12-4-8-3-9(13)5-15-11(8)14-2-1-10-6-17-7-16-10/h3,5-7H,1-2,13H2,(H,14,15). The van der Waals surface area contributed by atoms with E-state index in [0.717, 1.165) is 12.1 Å². The molecular formula is C11H11N5S. The molecule has 86 valence electrons. The monoisotopic (exact) mass is 245 g/mol. The molecule has 0 aliphatic rings. The Morgan fingerprint density at radius 1 is 1.47 bits per heavy atom. The minimum atomic E-state index is 0.461. The Morgan fingerprint density at radius 2 is 2.35 bits per heavy atom. The summed E-state index contributed by atoms with van der Waals surface area (Å²) in [5.74, 6) is 0.567. The number of aromatic nitrogens is 2. The SMILES string of the molecule is N#Cc1cc(N)cnc1NCCc1cscn1. The van der Waals surface area contributed by atoms with Crippen LogP contribution in [0.2, 0.25) is 0 Å². The molecule has 0 aromatic carbocycles. The Labute approximate surface area is 103 Å². The number of hydrogen-bond acceptors (Lipinski definition) is 6. The summed E-state index contributed by atoms with van der Waals surface area (Å²) < 4.78 is 0. The normalized spacial score (nSPS) is 9.82. The molecule has 2 aromatic heterocycles. The van der Waals surface area contributed by atoms with Crippen LogP contribution in [0.15, 0.2) is 23.2 Å². The third-order valence-electron chi connectivity index (χ3n) is 2.19. The molecule has 0 aliphatic carbocycles. The quantitative estimate of drug-likeness (QED) is 0.855. The van der Waals surface area contributed by atoms with Crippen LogP contribution in [0.4, 0.5) is 11.5 Å². The fourth-order valence-corrected chi connectivity index (χ4v) is 1.97. The average Bonchev–Trinajstić information content (AvgIpc) is 2.84. The first kappa shape index (κ1) is 11.4. The fourth-order valence-electron chi connectivity index (χ4n) is 1.38. The first-order valence-electron chi connectivity index (χ1n) is 5.06. The van der Waals surface area contributed by atoms with Crippen LogP contribution < -0.4 is 11.1 Å². The van der Waals surface area contributed by atoms with E-state index in [4.69, 9.17) is 11.0 Å². The maximum atomic E-state index is 8.93. The van der Waals surface area contributed by atoms with Crippen LogP contribution in [0, 0.1) is 11.3 Å². The summed E-state index contributed by atoms with van der Waals surface area (Å²) in [6.07, 6.45) is 2.34. The van der Waals surface area contributed by atoms with Crippen LogP contribution in [-0.4, -0.2) is 16.5 Å². The molecule has 2 heterocycles. The van der Waals surface area contributed by atoms with Gasteiger partial charge < -0.3 is 11.1 Å². The predicted molar refractivity (Wildman–Crippen MR) is 67.7 cm³/mol. The first-order chi connectivity index (χ1) is 8.29. The van der Waals surface area contributed by atoms with Crippen molar-refractivity contribution in [2.24, 2.45) is 0 Å². The molecule has 0 unspecified atom stereocenters. The van der Waals surface area contributed by atoms with E-state index in [9.17, 15) is 0 Å². The van der Waals surface area contributed by atoms with Crippen LogP contribution in [0.5, 0.6) is 0 Å². The lowest BCUT2D eigenvalue weighted by molar-refractivity contribution is 0.967. The summed E-state index contributed by atoms with van der Waals surface area (Å²) in [6.45, 7) is 0.690. The number of nitriles is 1. The minimum Gasteiger partial charge on any atom is -0.397 e. The van der Waals surface area contributed by atoms with Crippen LogP contribution in [0.3, 0.4) is 0 Å². The summed E-state index contributed by atoms with van der Waals surface area (Å²) in [7, 11) is 0. The molecule has 0 amide bonds. The zero-order valence-electron chi connectivity index (χ0n) is 9.05. The highest BCUT2D eigenvalue weighted by Gasteiger charge is 2.03. The van der Waals surface area contributed by atoms with Crippen molar-refractivity contribution in [2.45, 2.75) is 6.42 Å². The number of nitrogen functional groups attached to an aromatic ring is 1. The van der Waals surface area contributed by atoms with E-state index in [1.54, 1.807) is 22.9 Å². The molecule has 17 heavy (non-hydrogen) atoms. The summed E-state index contributed by atoms with van der Waals surface area (Å²) in [6, 6.07) is 3.67. The lowest BCUT2D eigenvalue weighted by Crippen LogP contribution is -2.08. The van der Waals surface area contributed by atoms with Crippen molar-refractivity contribution in [2.75, 3.05) is 17.6 Å². The Balaban J connectivity index is 1.97. The van der Waals surface area contributed by atoms with Gasteiger partial charge in [0.25, 0.3) is 0 Å². The summed E-state index contributed by atoms with van der Waals surface area (Å²) in [5.41, 5.74) is 9.35. The second kappa shape index (κ2) is 5.27. The van der Waals surface area contributed by atoms with Gasteiger partial charge >= 0.3 is 0 Å². The molecular weight excluding hydrogens is 234 g/mol. The number of nitrogens with one attached hydrogen (secondary N) is 1.